The number of hydrogen-bond acceptors (Lipinski definition) is 4. The molecule has 6 heteroatoms. The van der Waals surface area contributed by atoms with Crippen LogP contribution < -0.4 is 5.32 Å². The highest BCUT2D eigenvalue weighted by Gasteiger charge is 2.27. The van der Waals surface area contributed by atoms with Crippen molar-refractivity contribution in [3.05, 3.63) is 5.01 Å². The maximum atomic E-state index is 11.7. The molecule has 84 valence electrons. The van der Waals surface area contributed by atoms with Gasteiger partial charge in [0.1, 0.15) is 5.01 Å². The van der Waals surface area contributed by atoms with E-state index in [1.165, 1.54) is 11.3 Å². The van der Waals surface area contributed by atoms with Crippen molar-refractivity contribution < 1.29 is 4.79 Å². The summed E-state index contributed by atoms with van der Waals surface area (Å²) < 4.78 is 0. The summed E-state index contributed by atoms with van der Waals surface area (Å²) in [5.74, 6) is 0.148. The number of carbonyl (C=O) groups excluding carboxylic acids is 1. The molecule has 0 unspecified atom stereocenters. The molecule has 1 N–H and O–H groups in total. The average Bonchev–Trinajstić information content (AvgIpc) is 2.65. The number of carbonyl (C=O) groups is 1. The van der Waals surface area contributed by atoms with Gasteiger partial charge in [0.15, 0.2) is 0 Å². The third-order valence-electron chi connectivity index (χ3n) is 1.94. The van der Waals surface area contributed by atoms with Crippen LogP contribution in [0.5, 0.6) is 0 Å². The van der Waals surface area contributed by atoms with E-state index >= 15 is 0 Å². The Kier molecular flexibility index (Phi) is 4.04. The minimum atomic E-state index is -0.584. The summed E-state index contributed by atoms with van der Waals surface area (Å²) in [4.78, 5) is 11.7. The van der Waals surface area contributed by atoms with E-state index in [1.807, 2.05) is 6.92 Å². The molecule has 0 saturated heterocycles. The zero-order valence-corrected chi connectivity index (χ0v) is 10.6. The second-order valence-corrected chi connectivity index (χ2v) is 5.16. The Morgan fingerprint density at radius 3 is 2.67 bits per heavy atom. The van der Waals surface area contributed by atoms with E-state index in [0.717, 1.165) is 11.4 Å². The van der Waals surface area contributed by atoms with E-state index in [0.29, 0.717) is 5.13 Å². The lowest BCUT2D eigenvalue weighted by atomic mass is 9.95. The first-order valence-corrected chi connectivity index (χ1v) is 6.04. The fourth-order valence-corrected chi connectivity index (χ4v) is 1.57. The Labute approximate surface area is 98.0 Å². The third-order valence-corrected chi connectivity index (χ3v) is 3.59. The molecule has 0 spiro atoms. The number of nitrogens with zero attached hydrogens (tertiary/aromatic N) is 2. The van der Waals surface area contributed by atoms with Gasteiger partial charge in [0.25, 0.3) is 0 Å². The summed E-state index contributed by atoms with van der Waals surface area (Å²) in [5.41, 5.74) is -0.584. The lowest BCUT2D eigenvalue weighted by Crippen LogP contribution is -2.32. The number of rotatable bonds is 4. The molecule has 1 amide bonds. The first-order chi connectivity index (χ1) is 6.99. The Bertz CT molecular complexity index is 351. The summed E-state index contributed by atoms with van der Waals surface area (Å²) >= 11 is 7.08. The lowest BCUT2D eigenvalue weighted by molar-refractivity contribution is -0.122. The quantitative estimate of drug-likeness (QED) is 0.831. The predicted molar refractivity (Wildman–Crippen MR) is 62.4 cm³/mol. The van der Waals surface area contributed by atoms with Crippen LogP contribution in [0.15, 0.2) is 0 Å². The van der Waals surface area contributed by atoms with Crippen LogP contribution in [0.2, 0.25) is 0 Å². The summed E-state index contributed by atoms with van der Waals surface area (Å²) in [7, 11) is 0. The van der Waals surface area contributed by atoms with Crippen molar-refractivity contribution in [2.45, 2.75) is 27.2 Å². The van der Waals surface area contributed by atoms with Crippen molar-refractivity contribution >= 4 is 34.0 Å². The molecule has 0 fully saturated rings. The van der Waals surface area contributed by atoms with Gasteiger partial charge in [-0.2, -0.15) is 0 Å². The number of alkyl halides is 1. The number of anilines is 1. The molecule has 0 aliphatic rings. The molecule has 1 aromatic rings. The highest BCUT2D eigenvalue weighted by Crippen LogP contribution is 2.22. The smallest absolute Gasteiger partial charge is 0.233 e. The SMILES string of the molecule is CCc1nnc(NC(=O)C(C)(C)CCl)s1. The van der Waals surface area contributed by atoms with Gasteiger partial charge in [-0.3, -0.25) is 4.79 Å². The Morgan fingerprint density at radius 1 is 1.53 bits per heavy atom. The van der Waals surface area contributed by atoms with Gasteiger partial charge in [-0.25, -0.2) is 0 Å². The van der Waals surface area contributed by atoms with Crippen molar-refractivity contribution in [2.75, 3.05) is 11.2 Å². The third kappa shape index (κ3) is 3.14. The summed E-state index contributed by atoms with van der Waals surface area (Å²) in [6.45, 7) is 5.57. The molecule has 0 aliphatic heterocycles. The van der Waals surface area contributed by atoms with Crippen LogP contribution in [0.4, 0.5) is 5.13 Å². The average molecular weight is 248 g/mol. The first-order valence-electron chi connectivity index (χ1n) is 4.69. The predicted octanol–water partition coefficient (Wildman–Crippen LogP) is 2.30. The summed E-state index contributed by atoms with van der Waals surface area (Å²) in [6.07, 6.45) is 0.826. The molecular formula is C9H14ClN3OS. The second kappa shape index (κ2) is 4.90. The van der Waals surface area contributed by atoms with E-state index < -0.39 is 5.41 Å². The van der Waals surface area contributed by atoms with Crippen molar-refractivity contribution in [1.82, 2.24) is 10.2 Å². The molecule has 0 aromatic carbocycles. The maximum Gasteiger partial charge on any atom is 0.233 e. The van der Waals surface area contributed by atoms with E-state index in [-0.39, 0.29) is 11.8 Å². The van der Waals surface area contributed by atoms with Crippen molar-refractivity contribution in [2.24, 2.45) is 5.41 Å². The number of aromatic nitrogens is 2. The Balaban J connectivity index is 2.66. The minimum absolute atomic E-state index is 0.128. The van der Waals surface area contributed by atoms with Crippen LogP contribution in [0.25, 0.3) is 0 Å². The fourth-order valence-electron chi connectivity index (χ4n) is 0.774. The zero-order chi connectivity index (χ0) is 11.5. The summed E-state index contributed by atoms with van der Waals surface area (Å²) in [6, 6.07) is 0. The highest BCUT2D eigenvalue weighted by molar-refractivity contribution is 7.15. The Morgan fingerprint density at radius 2 is 2.20 bits per heavy atom. The number of aryl methyl sites for hydroxylation is 1. The van der Waals surface area contributed by atoms with Crippen LogP contribution in [0.3, 0.4) is 0 Å². The fraction of sp³-hybridized carbons (Fsp3) is 0.667. The van der Waals surface area contributed by atoms with E-state index in [4.69, 9.17) is 11.6 Å². The molecule has 0 atom stereocenters. The van der Waals surface area contributed by atoms with Gasteiger partial charge >= 0.3 is 0 Å². The molecule has 0 saturated carbocycles. The minimum Gasteiger partial charge on any atom is -0.300 e. The van der Waals surface area contributed by atoms with Gasteiger partial charge < -0.3 is 5.32 Å². The maximum absolute atomic E-state index is 11.7. The van der Waals surface area contributed by atoms with Gasteiger partial charge in [0, 0.05) is 5.88 Å². The van der Waals surface area contributed by atoms with Gasteiger partial charge in [-0.15, -0.1) is 21.8 Å². The first kappa shape index (κ1) is 12.4. The summed E-state index contributed by atoms with van der Waals surface area (Å²) in [5, 5.41) is 11.9. The molecule has 1 heterocycles. The molecule has 15 heavy (non-hydrogen) atoms. The molecule has 0 radical (unpaired) electrons. The van der Waals surface area contributed by atoms with E-state index in [1.54, 1.807) is 13.8 Å². The molecule has 4 nitrogen and oxygen atoms in total. The number of halogens is 1. The zero-order valence-electron chi connectivity index (χ0n) is 9.00. The molecular weight excluding hydrogens is 234 g/mol. The standard InChI is InChI=1S/C9H14ClN3OS/c1-4-6-12-13-8(15-6)11-7(14)9(2,3)5-10/h4-5H2,1-3H3,(H,11,13,14). The number of amides is 1. The van der Waals surface area contributed by atoms with Gasteiger partial charge in [0.2, 0.25) is 11.0 Å². The monoisotopic (exact) mass is 247 g/mol. The molecule has 0 bridgehead atoms. The second-order valence-electron chi connectivity index (χ2n) is 3.83. The normalized spacial score (nSPS) is 11.5. The molecule has 0 aliphatic carbocycles. The van der Waals surface area contributed by atoms with Crippen LogP contribution in [0, 0.1) is 5.41 Å². The van der Waals surface area contributed by atoms with Gasteiger partial charge in [0.05, 0.1) is 5.41 Å². The largest absolute Gasteiger partial charge is 0.300 e. The van der Waals surface area contributed by atoms with E-state index in [9.17, 15) is 4.79 Å². The van der Waals surface area contributed by atoms with E-state index in [2.05, 4.69) is 15.5 Å². The van der Waals surface area contributed by atoms with Crippen molar-refractivity contribution in [1.29, 1.82) is 0 Å². The molecule has 1 aromatic heterocycles. The number of nitrogens with one attached hydrogen (secondary N) is 1. The highest BCUT2D eigenvalue weighted by atomic mass is 35.5. The van der Waals surface area contributed by atoms with Crippen LogP contribution in [-0.2, 0) is 11.2 Å². The topological polar surface area (TPSA) is 54.9 Å². The van der Waals surface area contributed by atoms with Crippen molar-refractivity contribution in [3.8, 4) is 0 Å². The van der Waals surface area contributed by atoms with Gasteiger partial charge in [-0.1, -0.05) is 18.3 Å². The Hall–Kier alpha value is -0.680. The van der Waals surface area contributed by atoms with Gasteiger partial charge in [-0.05, 0) is 20.3 Å². The van der Waals surface area contributed by atoms with Crippen LogP contribution in [-0.4, -0.2) is 22.0 Å². The van der Waals surface area contributed by atoms with Crippen LogP contribution >= 0.6 is 22.9 Å². The van der Waals surface area contributed by atoms with Crippen molar-refractivity contribution in [3.63, 3.8) is 0 Å². The lowest BCUT2D eigenvalue weighted by Gasteiger charge is -2.18. The molecule has 1 rings (SSSR count). The van der Waals surface area contributed by atoms with Crippen LogP contribution in [0.1, 0.15) is 25.8 Å². The number of hydrogen-bond donors (Lipinski definition) is 1.